The molecule has 2 fully saturated rings. The van der Waals surface area contributed by atoms with Crippen LogP contribution in [0.25, 0.3) is 21.3 Å². The second kappa shape index (κ2) is 9.10. The van der Waals surface area contributed by atoms with Gasteiger partial charge in [-0.05, 0) is 56.0 Å². The molecule has 3 aliphatic heterocycles. The Morgan fingerprint density at radius 1 is 1.19 bits per heavy atom. The average molecular weight is 525 g/mol. The number of halogens is 1. The Hall–Kier alpha value is -2.52. The highest BCUT2D eigenvalue weighted by molar-refractivity contribution is 7.19. The minimum Gasteiger partial charge on any atom is -0.394 e. The first-order valence-electron chi connectivity index (χ1n) is 12.5. The number of fused-ring (bicyclic) bond motifs is 2. The summed E-state index contributed by atoms with van der Waals surface area (Å²) in [6.45, 7) is 4.27. The molecule has 3 aromatic rings. The number of carbonyl (C=O) groups excluding carboxylic acids is 2. The molecule has 2 atom stereocenters. The molecule has 0 bridgehead atoms. The minimum atomic E-state index is -0.272. The van der Waals surface area contributed by atoms with Crippen LogP contribution in [0.5, 0.6) is 0 Å². The van der Waals surface area contributed by atoms with E-state index in [-0.39, 0.29) is 30.0 Å². The SMILES string of the molecule is C[C@@]1(CO)C[C@@H](N2CCCc3cc(Cl)cc(-c4ccnc5cc(CN6C(=O)CCC6=O)sc45)c32)CN1. The van der Waals surface area contributed by atoms with Crippen molar-refractivity contribution in [2.24, 2.45) is 0 Å². The van der Waals surface area contributed by atoms with Gasteiger partial charge in [-0.15, -0.1) is 11.3 Å². The molecule has 36 heavy (non-hydrogen) atoms. The molecule has 5 heterocycles. The largest absolute Gasteiger partial charge is 0.394 e. The highest BCUT2D eigenvalue weighted by atomic mass is 35.5. The maximum absolute atomic E-state index is 12.2. The van der Waals surface area contributed by atoms with Crippen LogP contribution in [0.1, 0.15) is 43.0 Å². The molecule has 2 aromatic heterocycles. The fourth-order valence-electron chi connectivity index (χ4n) is 5.91. The summed E-state index contributed by atoms with van der Waals surface area (Å²) in [5.74, 6) is -0.213. The molecule has 0 spiro atoms. The van der Waals surface area contributed by atoms with Gasteiger partial charge in [-0.1, -0.05) is 11.6 Å². The number of imide groups is 1. The van der Waals surface area contributed by atoms with E-state index in [9.17, 15) is 14.7 Å². The van der Waals surface area contributed by atoms with Crippen LogP contribution in [0.3, 0.4) is 0 Å². The highest BCUT2D eigenvalue weighted by Gasteiger charge is 2.39. The number of aliphatic hydroxyl groups excluding tert-OH is 1. The molecule has 6 rings (SSSR count). The maximum Gasteiger partial charge on any atom is 0.230 e. The lowest BCUT2D eigenvalue weighted by Gasteiger charge is -2.38. The molecule has 2 amide bonds. The van der Waals surface area contributed by atoms with E-state index in [1.165, 1.54) is 16.2 Å². The standard InChI is InChI=1S/C27H29ClN4O3S/c1-27(15-33)12-18(13-30-27)31-8-2-3-16-9-17(28)10-21(25(16)31)20-6-7-29-22-11-19(36-26(20)22)14-32-23(34)4-5-24(32)35/h6-7,9-11,18,30,33H,2-5,8,12-15H2,1H3/t18-,27+/m1/s1. The van der Waals surface area contributed by atoms with E-state index in [1.807, 2.05) is 24.4 Å². The van der Waals surface area contributed by atoms with Crippen molar-refractivity contribution in [3.05, 3.63) is 45.9 Å². The summed E-state index contributed by atoms with van der Waals surface area (Å²) >= 11 is 8.24. The van der Waals surface area contributed by atoms with Gasteiger partial charge in [0.2, 0.25) is 11.8 Å². The molecule has 7 nitrogen and oxygen atoms in total. The Morgan fingerprint density at radius 2 is 2.00 bits per heavy atom. The zero-order valence-electron chi connectivity index (χ0n) is 20.2. The van der Waals surface area contributed by atoms with Crippen LogP contribution in [-0.4, -0.2) is 58.1 Å². The molecular formula is C27H29ClN4O3S. The summed E-state index contributed by atoms with van der Waals surface area (Å²) in [6.07, 6.45) is 5.32. The summed E-state index contributed by atoms with van der Waals surface area (Å²) in [6, 6.07) is 8.45. The third kappa shape index (κ3) is 4.10. The number of aryl methyl sites for hydroxylation is 1. The number of pyridine rings is 1. The Balaban J connectivity index is 1.43. The third-order valence-electron chi connectivity index (χ3n) is 7.75. The van der Waals surface area contributed by atoms with Crippen LogP contribution in [0.4, 0.5) is 5.69 Å². The zero-order valence-corrected chi connectivity index (χ0v) is 21.8. The van der Waals surface area contributed by atoms with Gasteiger partial charge < -0.3 is 15.3 Å². The van der Waals surface area contributed by atoms with Gasteiger partial charge in [-0.3, -0.25) is 19.5 Å². The van der Waals surface area contributed by atoms with E-state index in [2.05, 4.69) is 28.2 Å². The van der Waals surface area contributed by atoms with Crippen molar-refractivity contribution in [2.45, 2.75) is 57.2 Å². The normalized spacial score (nSPS) is 24.2. The van der Waals surface area contributed by atoms with Crippen LogP contribution in [-0.2, 0) is 22.6 Å². The number of benzene rings is 1. The third-order valence-corrected chi connectivity index (χ3v) is 9.11. The zero-order chi connectivity index (χ0) is 25.0. The second-order valence-electron chi connectivity index (χ2n) is 10.4. The second-order valence-corrected chi connectivity index (χ2v) is 11.9. The van der Waals surface area contributed by atoms with E-state index >= 15 is 0 Å². The van der Waals surface area contributed by atoms with E-state index in [0.717, 1.165) is 58.6 Å². The molecular weight excluding hydrogens is 496 g/mol. The van der Waals surface area contributed by atoms with Crippen molar-refractivity contribution in [1.29, 1.82) is 0 Å². The number of hydrogen-bond donors (Lipinski definition) is 2. The smallest absolute Gasteiger partial charge is 0.230 e. The first-order chi connectivity index (χ1) is 17.3. The van der Waals surface area contributed by atoms with Gasteiger partial charge in [0.05, 0.1) is 23.4 Å². The lowest BCUT2D eigenvalue weighted by molar-refractivity contribution is -0.138. The van der Waals surface area contributed by atoms with Crippen molar-refractivity contribution in [3.63, 3.8) is 0 Å². The van der Waals surface area contributed by atoms with E-state index < -0.39 is 0 Å². The lowest BCUT2D eigenvalue weighted by atomic mass is 9.91. The number of hydrogen-bond acceptors (Lipinski definition) is 7. The van der Waals surface area contributed by atoms with Crippen LogP contribution in [0, 0.1) is 0 Å². The minimum absolute atomic E-state index is 0.106. The van der Waals surface area contributed by atoms with Crippen molar-refractivity contribution < 1.29 is 14.7 Å². The lowest BCUT2D eigenvalue weighted by Crippen LogP contribution is -2.41. The van der Waals surface area contributed by atoms with E-state index in [1.54, 1.807) is 11.3 Å². The quantitative estimate of drug-likeness (QED) is 0.488. The van der Waals surface area contributed by atoms with E-state index in [0.29, 0.717) is 24.4 Å². The Labute approximate surface area is 219 Å². The first-order valence-corrected chi connectivity index (χ1v) is 13.7. The van der Waals surface area contributed by atoms with Gasteiger partial charge >= 0.3 is 0 Å². The number of aliphatic hydroxyl groups is 1. The van der Waals surface area contributed by atoms with Crippen molar-refractivity contribution in [1.82, 2.24) is 15.2 Å². The number of anilines is 1. The van der Waals surface area contributed by atoms with Gasteiger partial charge in [0.1, 0.15) is 0 Å². The van der Waals surface area contributed by atoms with Gasteiger partial charge in [-0.2, -0.15) is 0 Å². The Morgan fingerprint density at radius 3 is 2.75 bits per heavy atom. The van der Waals surface area contributed by atoms with Gasteiger partial charge in [0, 0.05) is 70.4 Å². The van der Waals surface area contributed by atoms with Crippen LogP contribution < -0.4 is 10.2 Å². The summed E-state index contributed by atoms with van der Waals surface area (Å²) in [7, 11) is 0. The van der Waals surface area contributed by atoms with Gasteiger partial charge in [-0.25, -0.2) is 0 Å². The topological polar surface area (TPSA) is 85.8 Å². The molecule has 1 aromatic carbocycles. The monoisotopic (exact) mass is 524 g/mol. The molecule has 188 valence electrons. The number of likely N-dealkylation sites (tertiary alicyclic amines) is 1. The summed E-state index contributed by atoms with van der Waals surface area (Å²) in [5.41, 5.74) is 5.20. The van der Waals surface area contributed by atoms with Crippen LogP contribution >= 0.6 is 22.9 Å². The molecule has 2 N–H and O–H groups in total. The first kappa shape index (κ1) is 23.9. The summed E-state index contributed by atoms with van der Waals surface area (Å²) in [4.78, 5) is 33.8. The molecule has 0 saturated carbocycles. The predicted molar refractivity (Wildman–Crippen MR) is 142 cm³/mol. The molecule has 0 unspecified atom stereocenters. The van der Waals surface area contributed by atoms with Crippen molar-refractivity contribution in [3.8, 4) is 11.1 Å². The van der Waals surface area contributed by atoms with Crippen LogP contribution in [0.15, 0.2) is 30.5 Å². The van der Waals surface area contributed by atoms with Gasteiger partial charge in [0.15, 0.2) is 0 Å². The molecule has 3 aliphatic rings. The fourth-order valence-corrected chi connectivity index (χ4v) is 7.28. The summed E-state index contributed by atoms with van der Waals surface area (Å²) < 4.78 is 1.03. The molecule has 0 aliphatic carbocycles. The van der Waals surface area contributed by atoms with E-state index in [4.69, 9.17) is 11.6 Å². The molecule has 9 heteroatoms. The molecule has 0 radical (unpaired) electrons. The maximum atomic E-state index is 12.2. The Bertz CT molecular complexity index is 1360. The van der Waals surface area contributed by atoms with Gasteiger partial charge in [0.25, 0.3) is 0 Å². The molecule has 2 saturated heterocycles. The number of amides is 2. The Kier molecular flexibility index (Phi) is 6.03. The van der Waals surface area contributed by atoms with Crippen molar-refractivity contribution in [2.75, 3.05) is 24.6 Å². The van der Waals surface area contributed by atoms with Crippen molar-refractivity contribution >= 4 is 50.7 Å². The predicted octanol–water partition coefficient (Wildman–Crippen LogP) is 4.13. The number of rotatable bonds is 5. The number of aromatic nitrogens is 1. The number of thiophene rings is 1. The highest BCUT2D eigenvalue weighted by Crippen LogP contribution is 2.45. The summed E-state index contributed by atoms with van der Waals surface area (Å²) in [5, 5.41) is 14.1. The number of carbonyl (C=O) groups is 2. The average Bonchev–Trinajstić information content (AvgIpc) is 3.56. The fraction of sp³-hybridized carbons (Fsp3) is 0.444. The number of nitrogens with one attached hydrogen (secondary N) is 1. The van der Waals surface area contributed by atoms with Crippen LogP contribution in [0.2, 0.25) is 5.02 Å². The number of nitrogens with zero attached hydrogens (tertiary/aromatic N) is 3.